The minimum absolute atomic E-state index is 0.321. The van der Waals surface area contributed by atoms with Crippen LogP contribution in [0.3, 0.4) is 0 Å². The van der Waals surface area contributed by atoms with Crippen LogP contribution >= 0.6 is 11.3 Å². The third kappa shape index (κ3) is 2.40. The molecule has 3 heterocycles. The fourth-order valence-electron chi connectivity index (χ4n) is 2.97. The number of β-amino-alcohol motifs (C(OH)–C–C–N with tert-alkyl or cyclic N) is 1. The van der Waals surface area contributed by atoms with Crippen LogP contribution < -0.4 is 0 Å². The fourth-order valence-corrected chi connectivity index (χ4v) is 3.67. The Bertz CT molecular complexity index is 352. The molecule has 0 bridgehead atoms. The molecule has 2 fully saturated rings. The summed E-state index contributed by atoms with van der Waals surface area (Å²) in [6.45, 7) is 4.89. The Morgan fingerprint density at radius 1 is 1.41 bits per heavy atom. The standard InChI is InChI=1S/C13H19NO2S/c15-12(11-1-6-17-8-11)7-14-9-13(10-14)2-4-16-5-3-13/h1,6,8,12,15H,2-5,7,9-10H2. The Hall–Kier alpha value is -0.420. The maximum Gasteiger partial charge on any atom is 0.0924 e. The van der Waals surface area contributed by atoms with Crippen molar-refractivity contribution >= 4 is 11.3 Å². The van der Waals surface area contributed by atoms with Crippen LogP contribution in [-0.4, -0.2) is 42.9 Å². The maximum atomic E-state index is 10.1. The van der Waals surface area contributed by atoms with Gasteiger partial charge in [-0.25, -0.2) is 0 Å². The summed E-state index contributed by atoms with van der Waals surface area (Å²) in [4.78, 5) is 2.37. The summed E-state index contributed by atoms with van der Waals surface area (Å²) in [5, 5.41) is 14.1. The van der Waals surface area contributed by atoms with Gasteiger partial charge in [-0.05, 0) is 35.2 Å². The smallest absolute Gasteiger partial charge is 0.0924 e. The lowest BCUT2D eigenvalue weighted by atomic mass is 9.73. The fraction of sp³-hybridized carbons (Fsp3) is 0.692. The number of nitrogens with zero attached hydrogens (tertiary/aromatic N) is 1. The molecule has 1 N–H and O–H groups in total. The van der Waals surface area contributed by atoms with E-state index in [2.05, 4.69) is 4.90 Å². The number of ether oxygens (including phenoxy) is 1. The molecule has 0 aromatic carbocycles. The molecule has 1 spiro atoms. The van der Waals surface area contributed by atoms with Gasteiger partial charge in [0, 0.05) is 38.3 Å². The Balaban J connectivity index is 1.49. The van der Waals surface area contributed by atoms with Gasteiger partial charge in [0.2, 0.25) is 0 Å². The van der Waals surface area contributed by atoms with Crippen molar-refractivity contribution in [2.24, 2.45) is 5.41 Å². The van der Waals surface area contributed by atoms with Crippen LogP contribution in [0, 0.1) is 5.41 Å². The van der Waals surface area contributed by atoms with Gasteiger partial charge in [0.05, 0.1) is 6.10 Å². The van der Waals surface area contributed by atoms with E-state index in [1.165, 1.54) is 12.8 Å². The summed E-state index contributed by atoms with van der Waals surface area (Å²) >= 11 is 1.65. The topological polar surface area (TPSA) is 32.7 Å². The molecule has 1 unspecified atom stereocenters. The van der Waals surface area contributed by atoms with Gasteiger partial charge < -0.3 is 9.84 Å². The number of likely N-dealkylation sites (tertiary alicyclic amines) is 1. The van der Waals surface area contributed by atoms with E-state index in [9.17, 15) is 5.11 Å². The van der Waals surface area contributed by atoms with Crippen molar-refractivity contribution in [1.29, 1.82) is 0 Å². The second-order valence-electron chi connectivity index (χ2n) is 5.35. The Labute approximate surface area is 106 Å². The summed E-state index contributed by atoms with van der Waals surface area (Å²) in [6, 6.07) is 2.01. The van der Waals surface area contributed by atoms with Crippen LogP contribution in [0.2, 0.25) is 0 Å². The Morgan fingerprint density at radius 2 is 2.18 bits per heavy atom. The molecule has 0 amide bonds. The largest absolute Gasteiger partial charge is 0.387 e. The quantitative estimate of drug-likeness (QED) is 0.893. The van der Waals surface area contributed by atoms with E-state index in [0.29, 0.717) is 5.41 Å². The first-order valence-electron chi connectivity index (χ1n) is 6.28. The van der Waals surface area contributed by atoms with E-state index >= 15 is 0 Å². The first kappa shape index (κ1) is 11.7. The number of hydrogen-bond donors (Lipinski definition) is 1. The van der Waals surface area contributed by atoms with Crippen LogP contribution in [0.4, 0.5) is 0 Å². The van der Waals surface area contributed by atoms with E-state index in [0.717, 1.165) is 38.4 Å². The van der Waals surface area contributed by atoms with Crippen LogP contribution in [0.15, 0.2) is 16.8 Å². The van der Waals surface area contributed by atoms with Crippen molar-refractivity contribution in [2.75, 3.05) is 32.8 Å². The lowest BCUT2D eigenvalue weighted by Crippen LogP contribution is -2.59. The minimum atomic E-state index is -0.321. The Morgan fingerprint density at radius 3 is 2.82 bits per heavy atom. The molecule has 2 saturated heterocycles. The first-order valence-corrected chi connectivity index (χ1v) is 7.22. The van der Waals surface area contributed by atoms with Gasteiger partial charge in [-0.3, -0.25) is 4.90 Å². The minimum Gasteiger partial charge on any atom is -0.387 e. The monoisotopic (exact) mass is 253 g/mol. The number of aliphatic hydroxyl groups excluding tert-OH is 1. The molecule has 1 aromatic rings. The van der Waals surface area contributed by atoms with Gasteiger partial charge in [0.1, 0.15) is 0 Å². The molecular formula is C13H19NO2S. The summed E-state index contributed by atoms with van der Waals surface area (Å²) in [5.41, 5.74) is 1.56. The highest BCUT2D eigenvalue weighted by Crippen LogP contribution is 2.40. The van der Waals surface area contributed by atoms with E-state index in [-0.39, 0.29) is 6.10 Å². The number of rotatable bonds is 3. The Kier molecular flexibility index (Phi) is 3.21. The zero-order valence-electron chi connectivity index (χ0n) is 9.97. The van der Waals surface area contributed by atoms with Crippen molar-refractivity contribution in [3.63, 3.8) is 0 Å². The number of hydrogen-bond acceptors (Lipinski definition) is 4. The molecular weight excluding hydrogens is 234 g/mol. The average molecular weight is 253 g/mol. The van der Waals surface area contributed by atoms with Crippen LogP contribution in [0.5, 0.6) is 0 Å². The SMILES string of the molecule is OC(CN1CC2(CCOCC2)C1)c1ccsc1. The molecule has 0 aliphatic carbocycles. The summed E-state index contributed by atoms with van der Waals surface area (Å²) in [6.07, 6.45) is 2.06. The zero-order chi connectivity index (χ0) is 11.7. The van der Waals surface area contributed by atoms with E-state index < -0.39 is 0 Å². The van der Waals surface area contributed by atoms with Gasteiger partial charge in [0.15, 0.2) is 0 Å². The molecule has 17 heavy (non-hydrogen) atoms. The summed E-state index contributed by atoms with van der Waals surface area (Å²) in [7, 11) is 0. The molecule has 0 radical (unpaired) electrons. The van der Waals surface area contributed by atoms with E-state index in [1.807, 2.05) is 16.8 Å². The normalized spacial score (nSPS) is 25.7. The second-order valence-corrected chi connectivity index (χ2v) is 6.13. The van der Waals surface area contributed by atoms with Gasteiger partial charge in [-0.2, -0.15) is 11.3 Å². The van der Waals surface area contributed by atoms with E-state index in [1.54, 1.807) is 11.3 Å². The van der Waals surface area contributed by atoms with Crippen molar-refractivity contribution in [3.05, 3.63) is 22.4 Å². The van der Waals surface area contributed by atoms with Crippen LogP contribution in [0.25, 0.3) is 0 Å². The zero-order valence-corrected chi connectivity index (χ0v) is 10.8. The van der Waals surface area contributed by atoms with E-state index in [4.69, 9.17) is 4.74 Å². The maximum absolute atomic E-state index is 10.1. The molecule has 4 heteroatoms. The highest BCUT2D eigenvalue weighted by atomic mass is 32.1. The highest BCUT2D eigenvalue weighted by molar-refractivity contribution is 7.07. The highest BCUT2D eigenvalue weighted by Gasteiger charge is 2.43. The lowest BCUT2D eigenvalue weighted by molar-refractivity contribution is -0.0915. The van der Waals surface area contributed by atoms with Crippen molar-refractivity contribution in [3.8, 4) is 0 Å². The number of aliphatic hydroxyl groups is 1. The second kappa shape index (κ2) is 4.69. The predicted octanol–water partition coefficient (Wildman–Crippen LogP) is 1.89. The van der Waals surface area contributed by atoms with Gasteiger partial charge in [-0.15, -0.1) is 0 Å². The first-order chi connectivity index (χ1) is 8.27. The molecule has 2 aliphatic rings. The summed E-state index contributed by atoms with van der Waals surface area (Å²) in [5.74, 6) is 0. The van der Waals surface area contributed by atoms with Gasteiger partial charge in [0.25, 0.3) is 0 Å². The van der Waals surface area contributed by atoms with Gasteiger partial charge >= 0.3 is 0 Å². The molecule has 0 saturated carbocycles. The van der Waals surface area contributed by atoms with Crippen LogP contribution in [-0.2, 0) is 4.74 Å². The van der Waals surface area contributed by atoms with Crippen LogP contribution in [0.1, 0.15) is 24.5 Å². The molecule has 3 nitrogen and oxygen atoms in total. The molecule has 2 aliphatic heterocycles. The number of thiophene rings is 1. The van der Waals surface area contributed by atoms with Crippen molar-refractivity contribution in [2.45, 2.75) is 18.9 Å². The summed E-state index contributed by atoms with van der Waals surface area (Å²) < 4.78 is 5.41. The third-order valence-corrected chi connectivity index (χ3v) is 4.73. The lowest BCUT2D eigenvalue weighted by Gasteiger charge is -2.52. The van der Waals surface area contributed by atoms with Gasteiger partial charge in [-0.1, -0.05) is 0 Å². The molecule has 1 aromatic heterocycles. The van der Waals surface area contributed by atoms with Crippen molar-refractivity contribution < 1.29 is 9.84 Å². The molecule has 3 rings (SSSR count). The molecule has 94 valence electrons. The predicted molar refractivity (Wildman–Crippen MR) is 68.2 cm³/mol. The molecule has 1 atom stereocenters. The third-order valence-electron chi connectivity index (χ3n) is 4.03. The van der Waals surface area contributed by atoms with Crippen molar-refractivity contribution in [1.82, 2.24) is 4.90 Å². The average Bonchev–Trinajstić information content (AvgIpc) is 2.81.